The van der Waals surface area contributed by atoms with Crippen molar-refractivity contribution in [2.75, 3.05) is 5.32 Å². The topological polar surface area (TPSA) is 66.4 Å². The van der Waals surface area contributed by atoms with E-state index in [1.807, 2.05) is 42.5 Å². The molecule has 0 saturated carbocycles. The highest BCUT2D eigenvalue weighted by atomic mass is 16.4. The summed E-state index contributed by atoms with van der Waals surface area (Å²) in [7, 11) is 0. The van der Waals surface area contributed by atoms with Crippen LogP contribution in [0.4, 0.5) is 5.69 Å². The van der Waals surface area contributed by atoms with E-state index in [4.69, 9.17) is 0 Å². The van der Waals surface area contributed by atoms with Crippen LogP contribution >= 0.6 is 0 Å². The summed E-state index contributed by atoms with van der Waals surface area (Å²) in [4.78, 5) is 24.3. The van der Waals surface area contributed by atoms with E-state index >= 15 is 0 Å². The van der Waals surface area contributed by atoms with Gasteiger partial charge >= 0.3 is 5.97 Å². The zero-order valence-electron chi connectivity index (χ0n) is 13.5. The highest BCUT2D eigenvalue weighted by molar-refractivity contribution is 6.16. The maximum absolute atomic E-state index is 12.9. The average Bonchev–Trinajstić information content (AvgIpc) is 2.67. The molecule has 0 aliphatic rings. The number of para-hydroxylation sites is 1. The quantitative estimate of drug-likeness (QED) is 0.664. The lowest BCUT2D eigenvalue weighted by Crippen LogP contribution is -2.12. The van der Waals surface area contributed by atoms with Gasteiger partial charge in [-0.25, -0.2) is 4.79 Å². The van der Waals surface area contributed by atoms with Gasteiger partial charge in [-0.05, 0) is 23.8 Å². The molecule has 0 aliphatic heterocycles. The Morgan fingerprint density at radius 3 is 1.96 bits per heavy atom. The number of carbonyl (C=O) groups is 2. The minimum absolute atomic E-state index is 0.00497. The van der Waals surface area contributed by atoms with Crippen molar-refractivity contribution in [3.63, 3.8) is 0 Å². The van der Waals surface area contributed by atoms with Gasteiger partial charge in [0.05, 0.1) is 5.56 Å². The van der Waals surface area contributed by atoms with Crippen LogP contribution in [-0.4, -0.2) is 16.9 Å². The molecule has 0 unspecified atom stereocenters. The van der Waals surface area contributed by atoms with Crippen LogP contribution in [0.2, 0.25) is 0 Å². The third kappa shape index (κ3) is 3.75. The Balaban J connectivity index is 1.90. The lowest BCUT2D eigenvalue weighted by molar-refractivity contribution is 0.0693. The molecular formula is C21H17NO3. The van der Waals surface area contributed by atoms with Crippen LogP contribution in [0.5, 0.6) is 0 Å². The van der Waals surface area contributed by atoms with E-state index in [1.165, 1.54) is 6.07 Å². The van der Waals surface area contributed by atoms with E-state index in [1.54, 1.807) is 30.3 Å². The summed E-state index contributed by atoms with van der Waals surface area (Å²) < 4.78 is 0. The number of carboxylic acid groups (broad SMARTS) is 1. The maximum Gasteiger partial charge on any atom is 0.336 e. The summed E-state index contributed by atoms with van der Waals surface area (Å²) in [6, 6.07) is 23.2. The molecule has 0 aromatic heterocycles. The molecule has 124 valence electrons. The number of nitrogens with one attached hydrogen (secondary N) is 1. The largest absolute Gasteiger partial charge is 0.478 e. The number of ketones is 1. The molecule has 2 N–H and O–H groups in total. The fourth-order valence-electron chi connectivity index (χ4n) is 2.64. The highest BCUT2D eigenvalue weighted by Gasteiger charge is 2.19. The predicted octanol–water partition coefficient (Wildman–Crippen LogP) is 4.23. The number of anilines is 1. The van der Waals surface area contributed by atoms with E-state index in [9.17, 15) is 14.7 Å². The van der Waals surface area contributed by atoms with Crippen molar-refractivity contribution < 1.29 is 14.7 Å². The highest BCUT2D eigenvalue weighted by Crippen LogP contribution is 2.22. The number of carboxylic acids is 1. The number of hydrogen-bond acceptors (Lipinski definition) is 3. The minimum Gasteiger partial charge on any atom is -0.478 e. The molecule has 0 fully saturated rings. The summed E-state index contributed by atoms with van der Waals surface area (Å²) in [5, 5.41) is 12.6. The van der Waals surface area contributed by atoms with Crippen molar-refractivity contribution in [1.29, 1.82) is 0 Å². The fourth-order valence-corrected chi connectivity index (χ4v) is 2.64. The molecule has 0 atom stereocenters. The molecule has 25 heavy (non-hydrogen) atoms. The Labute approximate surface area is 145 Å². The second-order valence-corrected chi connectivity index (χ2v) is 5.56. The molecule has 4 heteroatoms. The maximum atomic E-state index is 12.9. The Kier molecular flexibility index (Phi) is 4.90. The van der Waals surface area contributed by atoms with Crippen LogP contribution in [-0.2, 0) is 6.54 Å². The number of benzene rings is 3. The molecule has 3 aromatic carbocycles. The van der Waals surface area contributed by atoms with Gasteiger partial charge in [-0.1, -0.05) is 60.7 Å². The van der Waals surface area contributed by atoms with E-state index in [0.29, 0.717) is 17.8 Å². The molecule has 0 amide bonds. The monoisotopic (exact) mass is 331 g/mol. The van der Waals surface area contributed by atoms with Crippen LogP contribution in [0.3, 0.4) is 0 Å². The Morgan fingerprint density at radius 2 is 1.28 bits per heavy atom. The van der Waals surface area contributed by atoms with E-state index in [2.05, 4.69) is 5.32 Å². The third-order valence-electron chi connectivity index (χ3n) is 3.90. The molecule has 3 rings (SSSR count). The summed E-state index contributed by atoms with van der Waals surface area (Å²) in [5.41, 5.74) is 2.41. The first-order valence-electron chi connectivity index (χ1n) is 7.90. The number of rotatable bonds is 6. The number of hydrogen-bond donors (Lipinski definition) is 2. The van der Waals surface area contributed by atoms with Crippen LogP contribution in [0.25, 0.3) is 0 Å². The van der Waals surface area contributed by atoms with Crippen molar-refractivity contribution in [3.8, 4) is 0 Å². The summed E-state index contributed by atoms with van der Waals surface area (Å²) >= 11 is 0. The van der Waals surface area contributed by atoms with E-state index < -0.39 is 5.97 Å². The van der Waals surface area contributed by atoms with Gasteiger partial charge in [0.2, 0.25) is 0 Å². The fraction of sp³-hybridized carbons (Fsp3) is 0.0476. The first-order valence-corrected chi connectivity index (χ1v) is 7.90. The van der Waals surface area contributed by atoms with Crippen LogP contribution in [0.15, 0.2) is 78.9 Å². The van der Waals surface area contributed by atoms with Gasteiger partial charge < -0.3 is 10.4 Å². The first-order chi connectivity index (χ1) is 12.2. The van der Waals surface area contributed by atoms with Crippen molar-refractivity contribution >= 4 is 17.4 Å². The lowest BCUT2D eigenvalue weighted by Gasteiger charge is -2.12. The molecule has 0 aliphatic carbocycles. The summed E-state index contributed by atoms with van der Waals surface area (Å²) in [6.07, 6.45) is 0. The average molecular weight is 331 g/mol. The third-order valence-corrected chi connectivity index (χ3v) is 3.90. The van der Waals surface area contributed by atoms with Gasteiger partial charge in [0.1, 0.15) is 0 Å². The number of aromatic carboxylic acids is 1. The van der Waals surface area contributed by atoms with Gasteiger partial charge in [0, 0.05) is 23.4 Å². The van der Waals surface area contributed by atoms with E-state index in [-0.39, 0.29) is 16.9 Å². The van der Waals surface area contributed by atoms with Crippen molar-refractivity contribution in [3.05, 3.63) is 101 Å². The molecule has 3 aromatic rings. The normalized spacial score (nSPS) is 10.2. The summed E-state index contributed by atoms with van der Waals surface area (Å²) in [6.45, 7) is 0.575. The number of carbonyl (C=O) groups excluding carboxylic acids is 1. The molecule has 0 saturated heterocycles. The molecule has 0 bridgehead atoms. The standard InChI is InChI=1S/C21H17NO3/c23-20(16-10-4-5-11-17(16)21(24)25)18-12-6-7-13-19(18)22-14-15-8-2-1-3-9-15/h1-13,22H,14H2,(H,24,25). The van der Waals surface area contributed by atoms with Gasteiger partial charge in [-0.2, -0.15) is 0 Å². The van der Waals surface area contributed by atoms with Crippen LogP contribution in [0, 0.1) is 0 Å². The smallest absolute Gasteiger partial charge is 0.336 e. The zero-order chi connectivity index (χ0) is 17.6. The van der Waals surface area contributed by atoms with Crippen LogP contribution < -0.4 is 5.32 Å². The zero-order valence-corrected chi connectivity index (χ0v) is 13.5. The second kappa shape index (κ2) is 7.45. The van der Waals surface area contributed by atoms with Gasteiger partial charge in [-0.3, -0.25) is 4.79 Å². The van der Waals surface area contributed by atoms with E-state index in [0.717, 1.165) is 5.56 Å². The van der Waals surface area contributed by atoms with Gasteiger partial charge in [0.25, 0.3) is 0 Å². The molecule has 0 spiro atoms. The van der Waals surface area contributed by atoms with Crippen molar-refractivity contribution in [2.24, 2.45) is 0 Å². The summed E-state index contributed by atoms with van der Waals surface area (Å²) in [5.74, 6) is -1.42. The lowest BCUT2D eigenvalue weighted by atomic mass is 9.97. The Hall–Kier alpha value is -3.40. The second-order valence-electron chi connectivity index (χ2n) is 5.56. The first kappa shape index (κ1) is 16.5. The molecule has 0 heterocycles. The van der Waals surface area contributed by atoms with Crippen LogP contribution in [0.1, 0.15) is 31.8 Å². The molecule has 4 nitrogen and oxygen atoms in total. The van der Waals surface area contributed by atoms with Gasteiger partial charge in [0.15, 0.2) is 5.78 Å². The predicted molar refractivity (Wildman–Crippen MR) is 97.0 cm³/mol. The minimum atomic E-state index is -1.11. The van der Waals surface area contributed by atoms with Crippen molar-refractivity contribution in [1.82, 2.24) is 0 Å². The molecule has 0 radical (unpaired) electrons. The Morgan fingerprint density at radius 1 is 0.720 bits per heavy atom. The SMILES string of the molecule is O=C(O)c1ccccc1C(=O)c1ccccc1NCc1ccccc1. The molecular weight excluding hydrogens is 314 g/mol. The Bertz CT molecular complexity index is 904. The van der Waals surface area contributed by atoms with Gasteiger partial charge in [-0.15, -0.1) is 0 Å². The van der Waals surface area contributed by atoms with Crippen molar-refractivity contribution in [2.45, 2.75) is 6.54 Å².